The highest BCUT2D eigenvalue weighted by Gasteiger charge is 1.86. The van der Waals surface area contributed by atoms with Crippen LogP contribution in [-0.4, -0.2) is 4.98 Å². The van der Waals surface area contributed by atoms with Crippen LogP contribution in [0.5, 0.6) is 0 Å². The summed E-state index contributed by atoms with van der Waals surface area (Å²) in [6.45, 7) is 0. The molecule has 2 aromatic rings. The molecule has 0 aliphatic carbocycles. The fourth-order valence-electron chi connectivity index (χ4n) is 0.877. The van der Waals surface area contributed by atoms with Gasteiger partial charge in [0.25, 0.3) is 0 Å². The van der Waals surface area contributed by atoms with Crippen LogP contribution in [0, 0.1) is 6.07 Å². The van der Waals surface area contributed by atoms with Gasteiger partial charge in [-0.25, -0.2) is 11.3 Å². The zero-order valence-electron chi connectivity index (χ0n) is 5.82. The molecule has 1 nitrogen and oxygen atoms in total. The smallest absolute Gasteiger partial charge is 0.0124 e. The fraction of sp³-hybridized carbons (Fsp3) is 0. The molecule has 2 heterocycles. The van der Waals surface area contributed by atoms with Gasteiger partial charge in [-0.05, 0) is 11.8 Å². The number of pyridine rings is 1. The molecule has 2 heteroatoms. The highest BCUT2D eigenvalue weighted by atomic mass is 32.1. The van der Waals surface area contributed by atoms with E-state index < -0.39 is 0 Å². The summed E-state index contributed by atoms with van der Waals surface area (Å²) < 4.78 is 0. The standard InChI is InChI=1S/C9H6NS/c1-2-6-10-8(4-1)9-5-3-7-11-9/h1-4,6-7H/q-1. The van der Waals surface area contributed by atoms with Crippen LogP contribution in [0.25, 0.3) is 10.6 Å². The predicted octanol–water partition coefficient (Wildman–Crippen LogP) is 2.61. The number of nitrogens with zero attached hydrogens (tertiary/aromatic N) is 1. The summed E-state index contributed by atoms with van der Waals surface area (Å²) in [6, 6.07) is 10.9. The van der Waals surface area contributed by atoms with E-state index in [1.165, 1.54) is 0 Å². The zero-order chi connectivity index (χ0) is 7.52. The summed E-state index contributed by atoms with van der Waals surface area (Å²) in [4.78, 5) is 5.30. The molecule has 0 saturated heterocycles. The van der Waals surface area contributed by atoms with Crippen LogP contribution in [-0.2, 0) is 0 Å². The van der Waals surface area contributed by atoms with E-state index in [9.17, 15) is 0 Å². The van der Waals surface area contributed by atoms with Crippen LogP contribution in [0.15, 0.2) is 35.8 Å². The minimum atomic E-state index is 1.00. The van der Waals surface area contributed by atoms with Crippen molar-refractivity contribution in [2.24, 2.45) is 0 Å². The molecule has 2 rings (SSSR count). The van der Waals surface area contributed by atoms with Gasteiger partial charge in [-0.3, -0.25) is 0 Å². The largest absolute Gasteiger partial charge is 0.319 e. The van der Waals surface area contributed by atoms with Crippen LogP contribution in [0.3, 0.4) is 0 Å². The maximum Gasteiger partial charge on any atom is 0.0124 e. The SMILES string of the molecule is [c-]1ccsc1-c1ccccn1. The van der Waals surface area contributed by atoms with Crippen molar-refractivity contribution in [3.8, 4) is 10.6 Å². The average molecular weight is 160 g/mol. The lowest BCUT2D eigenvalue weighted by Crippen LogP contribution is -1.75. The molecule has 0 bridgehead atoms. The minimum absolute atomic E-state index is 1.00. The Hall–Kier alpha value is -1.15. The molecule has 11 heavy (non-hydrogen) atoms. The Bertz CT molecular complexity index is 313. The summed E-state index contributed by atoms with van der Waals surface area (Å²) in [5, 5.41) is 2.00. The van der Waals surface area contributed by atoms with Crippen molar-refractivity contribution < 1.29 is 0 Å². The van der Waals surface area contributed by atoms with Crippen LogP contribution >= 0.6 is 11.3 Å². The van der Waals surface area contributed by atoms with E-state index in [1.54, 1.807) is 17.5 Å². The topological polar surface area (TPSA) is 12.9 Å². The Morgan fingerprint density at radius 2 is 2.36 bits per heavy atom. The van der Waals surface area contributed by atoms with Gasteiger partial charge in [-0.15, -0.1) is 5.38 Å². The Balaban J connectivity index is 2.46. The van der Waals surface area contributed by atoms with Crippen molar-refractivity contribution in [2.75, 3.05) is 0 Å². The highest BCUT2D eigenvalue weighted by Crippen LogP contribution is 2.20. The van der Waals surface area contributed by atoms with Gasteiger partial charge in [0, 0.05) is 6.20 Å². The molecule has 0 saturated carbocycles. The number of thiophene rings is 1. The van der Waals surface area contributed by atoms with Gasteiger partial charge in [0.05, 0.1) is 0 Å². The third-order valence-electron chi connectivity index (χ3n) is 1.37. The quantitative estimate of drug-likeness (QED) is 0.584. The molecule has 0 radical (unpaired) electrons. The zero-order valence-corrected chi connectivity index (χ0v) is 6.64. The van der Waals surface area contributed by atoms with E-state index in [1.807, 2.05) is 29.6 Å². The van der Waals surface area contributed by atoms with Crippen molar-refractivity contribution in [1.82, 2.24) is 4.98 Å². The Kier molecular flexibility index (Phi) is 1.69. The van der Waals surface area contributed by atoms with E-state index in [0.717, 1.165) is 10.6 Å². The fourth-order valence-corrected chi connectivity index (χ4v) is 1.53. The molecule has 0 fully saturated rings. The molecule has 0 aromatic carbocycles. The first-order valence-electron chi connectivity index (χ1n) is 3.33. The normalized spacial score (nSPS) is 9.82. The van der Waals surface area contributed by atoms with Crippen LogP contribution in [0.1, 0.15) is 0 Å². The Labute approximate surface area is 69.3 Å². The third-order valence-corrected chi connectivity index (χ3v) is 2.20. The monoisotopic (exact) mass is 160 g/mol. The van der Waals surface area contributed by atoms with Crippen molar-refractivity contribution in [3.05, 3.63) is 41.9 Å². The highest BCUT2D eigenvalue weighted by molar-refractivity contribution is 7.13. The van der Waals surface area contributed by atoms with E-state index >= 15 is 0 Å². The van der Waals surface area contributed by atoms with Gasteiger partial charge in [0.15, 0.2) is 0 Å². The van der Waals surface area contributed by atoms with E-state index in [-0.39, 0.29) is 0 Å². The lowest BCUT2D eigenvalue weighted by atomic mass is 10.3. The minimum Gasteiger partial charge on any atom is -0.319 e. The van der Waals surface area contributed by atoms with Crippen LogP contribution < -0.4 is 0 Å². The first-order valence-corrected chi connectivity index (χ1v) is 4.21. The van der Waals surface area contributed by atoms with Crippen LogP contribution in [0.2, 0.25) is 0 Å². The Morgan fingerprint density at radius 3 is 3.00 bits per heavy atom. The van der Waals surface area contributed by atoms with Crippen LogP contribution in [0.4, 0.5) is 0 Å². The van der Waals surface area contributed by atoms with Crippen molar-refractivity contribution in [3.63, 3.8) is 0 Å². The molecular formula is C9H6NS-. The van der Waals surface area contributed by atoms with Crippen molar-refractivity contribution >= 4 is 11.3 Å². The maximum atomic E-state index is 4.20. The summed E-state index contributed by atoms with van der Waals surface area (Å²) in [5.74, 6) is 0. The molecule has 0 atom stereocenters. The summed E-state index contributed by atoms with van der Waals surface area (Å²) in [6.07, 6.45) is 1.79. The van der Waals surface area contributed by atoms with E-state index in [0.29, 0.717) is 0 Å². The van der Waals surface area contributed by atoms with Gasteiger partial charge < -0.3 is 4.98 Å². The first-order chi connectivity index (χ1) is 5.47. The second-order valence-corrected chi connectivity index (χ2v) is 3.03. The summed E-state index contributed by atoms with van der Waals surface area (Å²) in [7, 11) is 0. The molecule has 0 unspecified atom stereocenters. The number of hydrogen-bond acceptors (Lipinski definition) is 2. The van der Waals surface area contributed by atoms with Gasteiger partial charge >= 0.3 is 0 Å². The van der Waals surface area contributed by atoms with Crippen molar-refractivity contribution in [2.45, 2.75) is 0 Å². The van der Waals surface area contributed by atoms with Gasteiger partial charge in [0.2, 0.25) is 0 Å². The second-order valence-electron chi connectivity index (χ2n) is 2.11. The molecule has 0 amide bonds. The maximum absolute atomic E-state index is 4.20. The number of hydrogen-bond donors (Lipinski definition) is 0. The number of aromatic nitrogens is 1. The molecule has 0 N–H and O–H groups in total. The average Bonchev–Trinajstić information content (AvgIpc) is 2.58. The lowest BCUT2D eigenvalue weighted by Gasteiger charge is -2.00. The van der Waals surface area contributed by atoms with E-state index in [2.05, 4.69) is 11.1 Å². The Morgan fingerprint density at radius 1 is 1.36 bits per heavy atom. The predicted molar refractivity (Wildman–Crippen MR) is 46.4 cm³/mol. The number of rotatable bonds is 1. The summed E-state index contributed by atoms with van der Waals surface area (Å²) in [5.41, 5.74) is 1.00. The van der Waals surface area contributed by atoms with Gasteiger partial charge in [-0.1, -0.05) is 17.0 Å². The van der Waals surface area contributed by atoms with Crippen molar-refractivity contribution in [1.29, 1.82) is 0 Å². The first kappa shape index (κ1) is 6.55. The molecule has 0 aliphatic heterocycles. The van der Waals surface area contributed by atoms with E-state index in [4.69, 9.17) is 0 Å². The van der Waals surface area contributed by atoms with Gasteiger partial charge in [-0.2, -0.15) is 12.1 Å². The molecule has 2 aromatic heterocycles. The lowest BCUT2D eigenvalue weighted by molar-refractivity contribution is 1.34. The molecule has 0 aliphatic rings. The summed E-state index contributed by atoms with van der Waals surface area (Å²) >= 11 is 1.66. The molecule has 54 valence electrons. The third kappa shape index (κ3) is 1.30. The molecular weight excluding hydrogens is 154 g/mol. The molecule has 0 spiro atoms. The second kappa shape index (κ2) is 2.84. The van der Waals surface area contributed by atoms with Gasteiger partial charge in [0.1, 0.15) is 0 Å².